The second-order valence-corrected chi connectivity index (χ2v) is 4.78. The number of alkyl halides is 3. The molecule has 1 fully saturated rings. The number of nitrogens with zero attached hydrogens (tertiary/aromatic N) is 3. The van der Waals surface area contributed by atoms with Crippen LogP contribution in [0.3, 0.4) is 0 Å². The van der Waals surface area contributed by atoms with E-state index in [4.69, 9.17) is 5.11 Å². The molecule has 1 aliphatic heterocycles. The highest BCUT2D eigenvalue weighted by molar-refractivity contribution is 5.95. The minimum Gasteiger partial charge on any atom is -0.395 e. The number of aliphatic hydroxyl groups excluding tert-OH is 1. The average Bonchev–Trinajstić information content (AvgIpc) is 2.47. The zero-order chi connectivity index (χ0) is 15.5. The maximum atomic E-state index is 12.9. The summed E-state index contributed by atoms with van der Waals surface area (Å²) >= 11 is 0. The lowest BCUT2D eigenvalue weighted by Gasteiger charge is -2.34. The summed E-state index contributed by atoms with van der Waals surface area (Å²) in [6, 6.07) is 0.815. The third kappa shape index (κ3) is 3.70. The Morgan fingerprint density at radius 1 is 1.29 bits per heavy atom. The highest BCUT2D eigenvalue weighted by Gasteiger charge is 2.36. The molecular formula is C13H16F3N3O2. The van der Waals surface area contributed by atoms with Gasteiger partial charge >= 0.3 is 6.18 Å². The third-order valence-corrected chi connectivity index (χ3v) is 3.43. The summed E-state index contributed by atoms with van der Waals surface area (Å²) in [5, 5.41) is 8.84. The van der Waals surface area contributed by atoms with Crippen LogP contribution >= 0.6 is 0 Å². The molecule has 1 saturated heterocycles. The Morgan fingerprint density at radius 2 is 1.95 bits per heavy atom. The molecule has 8 heteroatoms. The number of aliphatic hydroxyl groups is 1. The van der Waals surface area contributed by atoms with Crippen molar-refractivity contribution in [2.75, 3.05) is 39.3 Å². The molecule has 0 saturated carbocycles. The van der Waals surface area contributed by atoms with Crippen molar-refractivity contribution in [3.63, 3.8) is 0 Å². The number of hydrogen-bond acceptors (Lipinski definition) is 4. The first-order valence-corrected chi connectivity index (χ1v) is 6.57. The summed E-state index contributed by atoms with van der Waals surface area (Å²) in [6.45, 7) is 2.27. The van der Waals surface area contributed by atoms with Crippen LogP contribution in [0.4, 0.5) is 13.2 Å². The molecule has 1 aromatic heterocycles. The van der Waals surface area contributed by atoms with Crippen LogP contribution in [0.1, 0.15) is 15.9 Å². The van der Waals surface area contributed by atoms with Crippen LogP contribution in [0.15, 0.2) is 18.5 Å². The molecule has 0 aromatic carbocycles. The number of carbonyl (C=O) groups excluding carboxylic acids is 1. The SMILES string of the molecule is O=C(c1cnccc1C(F)(F)F)N1CCN(CCO)CC1. The van der Waals surface area contributed by atoms with Crippen LogP contribution in [-0.4, -0.2) is 65.1 Å². The Morgan fingerprint density at radius 3 is 2.52 bits per heavy atom. The van der Waals surface area contributed by atoms with Gasteiger partial charge in [-0.2, -0.15) is 13.2 Å². The predicted molar refractivity (Wildman–Crippen MR) is 68.7 cm³/mol. The number of β-amino-alcohol motifs (C(OH)–C–C–N with tert-alkyl or cyclic N) is 1. The Bertz CT molecular complexity index is 500. The fraction of sp³-hybridized carbons (Fsp3) is 0.538. The van der Waals surface area contributed by atoms with E-state index in [-0.39, 0.29) is 6.61 Å². The van der Waals surface area contributed by atoms with Crippen LogP contribution < -0.4 is 0 Å². The number of amides is 1. The first-order valence-electron chi connectivity index (χ1n) is 6.57. The van der Waals surface area contributed by atoms with Crippen molar-refractivity contribution < 1.29 is 23.1 Å². The lowest BCUT2D eigenvalue weighted by molar-refractivity contribution is -0.138. The normalized spacial score (nSPS) is 17.0. The van der Waals surface area contributed by atoms with Crippen LogP contribution in [-0.2, 0) is 6.18 Å². The second kappa shape index (κ2) is 6.40. The fourth-order valence-electron chi connectivity index (χ4n) is 2.30. The first-order chi connectivity index (χ1) is 9.93. The molecule has 0 unspecified atom stereocenters. The van der Waals surface area contributed by atoms with Gasteiger partial charge in [0, 0.05) is 45.1 Å². The van der Waals surface area contributed by atoms with Gasteiger partial charge in [0.2, 0.25) is 0 Å². The lowest BCUT2D eigenvalue weighted by atomic mass is 10.1. The maximum Gasteiger partial charge on any atom is 0.417 e. The van der Waals surface area contributed by atoms with E-state index < -0.39 is 23.2 Å². The van der Waals surface area contributed by atoms with Crippen molar-refractivity contribution in [1.29, 1.82) is 0 Å². The predicted octanol–water partition coefficient (Wildman–Crippen LogP) is 0.851. The molecule has 1 aliphatic rings. The summed E-state index contributed by atoms with van der Waals surface area (Å²) in [6.07, 6.45) is -2.59. The van der Waals surface area contributed by atoms with Crippen molar-refractivity contribution in [3.05, 3.63) is 29.6 Å². The standard InChI is InChI=1S/C13H16F3N3O2/c14-13(15,16)11-1-2-17-9-10(11)12(21)19-5-3-18(4-6-19)7-8-20/h1-2,9,20H,3-8H2. The Kier molecular flexibility index (Phi) is 4.79. The number of hydrogen-bond donors (Lipinski definition) is 1. The van der Waals surface area contributed by atoms with Crippen molar-refractivity contribution in [2.45, 2.75) is 6.18 Å². The number of pyridine rings is 1. The molecule has 0 aliphatic carbocycles. The van der Waals surface area contributed by atoms with E-state index in [9.17, 15) is 18.0 Å². The molecule has 5 nitrogen and oxygen atoms in total. The average molecular weight is 303 g/mol. The molecule has 21 heavy (non-hydrogen) atoms. The van der Waals surface area contributed by atoms with Gasteiger partial charge in [-0.1, -0.05) is 0 Å². The lowest BCUT2D eigenvalue weighted by Crippen LogP contribution is -2.49. The molecule has 0 atom stereocenters. The van der Waals surface area contributed by atoms with Crippen molar-refractivity contribution in [2.24, 2.45) is 0 Å². The second-order valence-electron chi connectivity index (χ2n) is 4.78. The van der Waals surface area contributed by atoms with E-state index in [2.05, 4.69) is 4.98 Å². The van der Waals surface area contributed by atoms with Crippen LogP contribution in [0.25, 0.3) is 0 Å². The van der Waals surface area contributed by atoms with Crippen molar-refractivity contribution in [1.82, 2.24) is 14.8 Å². The minimum atomic E-state index is -4.58. The summed E-state index contributed by atoms with van der Waals surface area (Å²) in [4.78, 5) is 19.2. The Balaban J connectivity index is 2.12. The molecule has 0 bridgehead atoms. The number of halogens is 3. The molecule has 1 amide bonds. The van der Waals surface area contributed by atoms with Gasteiger partial charge in [0.05, 0.1) is 17.7 Å². The molecular weight excluding hydrogens is 287 g/mol. The van der Waals surface area contributed by atoms with Crippen LogP contribution in [0.5, 0.6) is 0 Å². The topological polar surface area (TPSA) is 56.7 Å². The highest BCUT2D eigenvalue weighted by atomic mass is 19.4. The van der Waals surface area contributed by atoms with Gasteiger partial charge in [-0.05, 0) is 6.07 Å². The molecule has 1 N–H and O–H groups in total. The van der Waals surface area contributed by atoms with Crippen LogP contribution in [0.2, 0.25) is 0 Å². The number of rotatable bonds is 3. The first kappa shape index (κ1) is 15.7. The molecule has 116 valence electrons. The molecule has 2 rings (SSSR count). The van der Waals surface area contributed by atoms with Gasteiger partial charge < -0.3 is 10.0 Å². The minimum absolute atomic E-state index is 0.0226. The quantitative estimate of drug-likeness (QED) is 0.899. The van der Waals surface area contributed by atoms with Gasteiger partial charge in [-0.3, -0.25) is 14.7 Å². The van der Waals surface area contributed by atoms with E-state index >= 15 is 0 Å². The molecule has 0 spiro atoms. The largest absolute Gasteiger partial charge is 0.417 e. The van der Waals surface area contributed by atoms with E-state index in [1.165, 1.54) is 4.90 Å². The number of piperazine rings is 1. The van der Waals surface area contributed by atoms with Gasteiger partial charge in [0.25, 0.3) is 5.91 Å². The van der Waals surface area contributed by atoms with E-state index in [0.717, 1.165) is 18.5 Å². The maximum absolute atomic E-state index is 12.9. The summed E-state index contributed by atoms with van der Waals surface area (Å²) in [5.74, 6) is -0.654. The number of carbonyl (C=O) groups is 1. The number of aromatic nitrogens is 1. The smallest absolute Gasteiger partial charge is 0.395 e. The fourth-order valence-corrected chi connectivity index (χ4v) is 2.30. The van der Waals surface area contributed by atoms with Crippen LogP contribution in [0, 0.1) is 0 Å². The third-order valence-electron chi connectivity index (χ3n) is 3.43. The Labute approximate surface area is 120 Å². The molecule has 0 radical (unpaired) electrons. The van der Waals surface area contributed by atoms with Crippen molar-refractivity contribution >= 4 is 5.91 Å². The van der Waals surface area contributed by atoms with Gasteiger partial charge in [-0.15, -0.1) is 0 Å². The van der Waals surface area contributed by atoms with Gasteiger partial charge in [0.1, 0.15) is 0 Å². The van der Waals surface area contributed by atoms with Crippen molar-refractivity contribution in [3.8, 4) is 0 Å². The summed E-state index contributed by atoms with van der Waals surface area (Å²) in [7, 11) is 0. The van der Waals surface area contributed by atoms with E-state index in [1.54, 1.807) is 0 Å². The summed E-state index contributed by atoms with van der Waals surface area (Å²) < 4.78 is 38.7. The molecule has 1 aromatic rings. The Hall–Kier alpha value is -1.67. The monoisotopic (exact) mass is 303 g/mol. The highest BCUT2D eigenvalue weighted by Crippen LogP contribution is 2.32. The summed E-state index contributed by atoms with van der Waals surface area (Å²) in [5.41, 5.74) is -1.37. The zero-order valence-corrected chi connectivity index (χ0v) is 11.3. The molecule has 2 heterocycles. The van der Waals surface area contributed by atoms with E-state index in [1.807, 2.05) is 4.90 Å². The van der Waals surface area contributed by atoms with Gasteiger partial charge in [0.15, 0.2) is 0 Å². The van der Waals surface area contributed by atoms with Gasteiger partial charge in [-0.25, -0.2) is 0 Å². The van der Waals surface area contributed by atoms with E-state index in [0.29, 0.717) is 32.7 Å². The zero-order valence-electron chi connectivity index (χ0n) is 11.3.